The van der Waals surface area contributed by atoms with Crippen molar-refractivity contribution in [3.63, 3.8) is 0 Å². The lowest BCUT2D eigenvalue weighted by Crippen LogP contribution is -2.57. The summed E-state index contributed by atoms with van der Waals surface area (Å²) >= 11 is 0. The first-order chi connectivity index (χ1) is 15.2. The van der Waals surface area contributed by atoms with Crippen LogP contribution < -0.4 is 5.73 Å². The highest BCUT2D eigenvalue weighted by Gasteiger charge is 2.58. The number of hydrogen-bond donors (Lipinski definition) is 1. The van der Waals surface area contributed by atoms with E-state index in [0.29, 0.717) is 25.5 Å². The second kappa shape index (κ2) is 9.75. The standard InChI is InChI=1S/C24H37N5O3/c1-17-20(15-31-7)32-24(3,23(17,2)25)29-16-26-21-19(28(4)5)13-12-18(27-22(21)29)11-9-8-10-14-30-6/h13,16-17,20H,8,10,12,14-15,25H2,1-7H3. The van der Waals surface area contributed by atoms with Crippen LogP contribution in [0.3, 0.4) is 0 Å². The number of hydrogen-bond acceptors (Lipinski definition) is 7. The molecule has 4 atom stereocenters. The fourth-order valence-corrected chi connectivity index (χ4v) is 4.34. The predicted molar refractivity (Wildman–Crippen MR) is 127 cm³/mol. The largest absolute Gasteiger partial charge is 0.385 e. The molecule has 32 heavy (non-hydrogen) atoms. The predicted octanol–water partition coefficient (Wildman–Crippen LogP) is 2.76. The van der Waals surface area contributed by atoms with Gasteiger partial charge < -0.3 is 24.8 Å². The molecule has 176 valence electrons. The van der Waals surface area contributed by atoms with Gasteiger partial charge >= 0.3 is 0 Å². The van der Waals surface area contributed by atoms with Crippen LogP contribution in [0.5, 0.6) is 0 Å². The number of allylic oxidation sites excluding steroid dienone is 1. The van der Waals surface area contributed by atoms with Gasteiger partial charge in [0.15, 0.2) is 11.5 Å². The van der Waals surface area contributed by atoms with Crippen LogP contribution in [0.1, 0.15) is 45.7 Å². The first-order valence-corrected chi connectivity index (χ1v) is 11.1. The molecule has 1 aromatic rings. The highest BCUT2D eigenvalue weighted by molar-refractivity contribution is 6.04. The fraction of sp³-hybridized carbons (Fsp3) is 0.667. The first-order valence-electron chi connectivity index (χ1n) is 11.1. The SMILES string of the molecule is COCCCC#CC1=Nc2c(ncn2C2(C)OC(COC)C(C)C2(C)N)C(N(C)C)=CC1. The van der Waals surface area contributed by atoms with Gasteiger partial charge in [-0.25, -0.2) is 9.98 Å². The molecule has 3 heterocycles. The minimum absolute atomic E-state index is 0.0733. The molecule has 2 aliphatic rings. The van der Waals surface area contributed by atoms with Gasteiger partial charge in [0.2, 0.25) is 0 Å². The lowest BCUT2D eigenvalue weighted by molar-refractivity contribution is -0.121. The quantitative estimate of drug-likeness (QED) is 0.515. The minimum atomic E-state index is -0.849. The van der Waals surface area contributed by atoms with Crippen LogP contribution in [0, 0.1) is 17.8 Å². The Hall–Kier alpha value is -2.18. The van der Waals surface area contributed by atoms with Crippen LogP contribution in [-0.4, -0.2) is 73.3 Å². The third kappa shape index (κ3) is 4.35. The molecule has 2 N–H and O–H groups in total. The first kappa shape index (κ1) is 24.5. The Morgan fingerprint density at radius 3 is 2.72 bits per heavy atom. The van der Waals surface area contributed by atoms with Crippen molar-refractivity contribution in [2.45, 2.75) is 57.4 Å². The number of fused-ring (bicyclic) bond motifs is 1. The lowest BCUT2D eigenvalue weighted by Gasteiger charge is -2.39. The van der Waals surface area contributed by atoms with Crippen molar-refractivity contribution in [2.75, 3.05) is 41.5 Å². The van der Waals surface area contributed by atoms with Gasteiger partial charge in [-0.15, -0.1) is 0 Å². The molecule has 1 fully saturated rings. The van der Waals surface area contributed by atoms with Gasteiger partial charge in [0, 0.05) is 53.7 Å². The second-order valence-electron chi connectivity index (χ2n) is 9.10. The maximum Gasteiger partial charge on any atom is 0.165 e. The average Bonchev–Trinajstić information content (AvgIpc) is 3.14. The number of unbranched alkanes of at least 4 members (excludes halogenated alkanes) is 1. The minimum Gasteiger partial charge on any atom is -0.385 e. The third-order valence-corrected chi connectivity index (χ3v) is 6.75. The van der Waals surface area contributed by atoms with E-state index in [0.717, 1.165) is 29.9 Å². The van der Waals surface area contributed by atoms with Crippen molar-refractivity contribution in [3.8, 4) is 11.8 Å². The van der Waals surface area contributed by atoms with Crippen LogP contribution in [0.2, 0.25) is 0 Å². The van der Waals surface area contributed by atoms with E-state index in [2.05, 4.69) is 29.7 Å². The van der Waals surface area contributed by atoms with E-state index in [-0.39, 0.29) is 12.0 Å². The molecule has 1 saturated heterocycles. The Kier molecular flexibility index (Phi) is 7.46. The average molecular weight is 444 g/mol. The van der Waals surface area contributed by atoms with Crippen LogP contribution >= 0.6 is 0 Å². The zero-order valence-electron chi connectivity index (χ0n) is 20.4. The number of methoxy groups -OCH3 is 2. The molecule has 0 aromatic carbocycles. The van der Waals surface area contributed by atoms with Gasteiger partial charge in [-0.2, -0.15) is 0 Å². The highest BCUT2D eigenvalue weighted by Crippen LogP contribution is 2.48. The van der Waals surface area contributed by atoms with Crippen LogP contribution in [0.15, 0.2) is 17.4 Å². The van der Waals surface area contributed by atoms with Crippen LogP contribution in [0.4, 0.5) is 5.82 Å². The normalized spacial score (nSPS) is 29.5. The van der Waals surface area contributed by atoms with E-state index in [1.807, 2.05) is 32.5 Å². The maximum atomic E-state index is 6.90. The molecule has 0 spiro atoms. The molecule has 0 radical (unpaired) electrons. The molecule has 3 rings (SSSR count). The summed E-state index contributed by atoms with van der Waals surface area (Å²) in [5, 5.41) is 0. The molecule has 0 amide bonds. The molecule has 0 aliphatic carbocycles. The van der Waals surface area contributed by atoms with Crippen LogP contribution in [-0.2, 0) is 19.9 Å². The van der Waals surface area contributed by atoms with E-state index in [1.54, 1.807) is 20.5 Å². The molecule has 0 bridgehead atoms. The van der Waals surface area contributed by atoms with E-state index < -0.39 is 11.3 Å². The number of rotatable bonds is 7. The molecule has 0 saturated carbocycles. The van der Waals surface area contributed by atoms with Gasteiger partial charge in [-0.1, -0.05) is 24.8 Å². The molecule has 4 unspecified atom stereocenters. The van der Waals surface area contributed by atoms with Gasteiger partial charge in [-0.3, -0.25) is 4.57 Å². The number of imidazole rings is 1. The van der Waals surface area contributed by atoms with Crippen molar-refractivity contribution in [1.29, 1.82) is 0 Å². The van der Waals surface area contributed by atoms with Gasteiger partial charge in [0.1, 0.15) is 5.69 Å². The van der Waals surface area contributed by atoms with Crippen molar-refractivity contribution < 1.29 is 14.2 Å². The number of nitrogens with two attached hydrogens (primary N) is 1. The Balaban J connectivity index is 2.06. The van der Waals surface area contributed by atoms with Crippen LogP contribution in [0.25, 0.3) is 5.70 Å². The zero-order valence-corrected chi connectivity index (χ0v) is 20.4. The Morgan fingerprint density at radius 2 is 2.06 bits per heavy atom. The van der Waals surface area contributed by atoms with Gasteiger partial charge in [-0.05, 0) is 20.3 Å². The van der Waals surface area contributed by atoms with Crippen molar-refractivity contribution in [2.24, 2.45) is 16.6 Å². The molecular weight excluding hydrogens is 406 g/mol. The summed E-state index contributed by atoms with van der Waals surface area (Å²) in [7, 11) is 7.40. The topological polar surface area (TPSA) is 87.1 Å². The summed E-state index contributed by atoms with van der Waals surface area (Å²) in [6.07, 6.45) is 6.09. The molecule has 1 aromatic heterocycles. The van der Waals surface area contributed by atoms with Gasteiger partial charge in [0.25, 0.3) is 0 Å². The molecule has 8 heteroatoms. The second-order valence-corrected chi connectivity index (χ2v) is 9.10. The third-order valence-electron chi connectivity index (χ3n) is 6.75. The van der Waals surface area contributed by atoms with E-state index >= 15 is 0 Å². The lowest BCUT2D eigenvalue weighted by atomic mass is 9.80. The monoisotopic (exact) mass is 443 g/mol. The molecule has 2 aliphatic heterocycles. The molecular formula is C24H37N5O3. The number of aromatic nitrogens is 2. The van der Waals surface area contributed by atoms with Crippen molar-refractivity contribution >= 4 is 17.2 Å². The summed E-state index contributed by atoms with van der Waals surface area (Å²) in [4.78, 5) is 11.8. The van der Waals surface area contributed by atoms with E-state index in [9.17, 15) is 0 Å². The van der Waals surface area contributed by atoms with Gasteiger partial charge in [0.05, 0.1) is 36.0 Å². The Bertz CT molecular complexity index is 937. The van der Waals surface area contributed by atoms with Crippen molar-refractivity contribution in [3.05, 3.63) is 18.1 Å². The Labute approximate surface area is 191 Å². The highest BCUT2D eigenvalue weighted by atomic mass is 16.6. The fourth-order valence-electron chi connectivity index (χ4n) is 4.34. The van der Waals surface area contributed by atoms with E-state index in [1.165, 1.54) is 0 Å². The Morgan fingerprint density at radius 1 is 1.31 bits per heavy atom. The summed E-state index contributed by atoms with van der Waals surface area (Å²) < 4.78 is 19.0. The maximum absolute atomic E-state index is 6.90. The smallest absolute Gasteiger partial charge is 0.165 e. The summed E-state index contributed by atoms with van der Waals surface area (Å²) in [6.45, 7) is 7.32. The molecule has 8 nitrogen and oxygen atoms in total. The number of nitrogens with zero attached hydrogens (tertiary/aromatic N) is 4. The number of ether oxygens (including phenoxy) is 3. The van der Waals surface area contributed by atoms with Crippen molar-refractivity contribution in [1.82, 2.24) is 14.5 Å². The summed E-state index contributed by atoms with van der Waals surface area (Å²) in [5.41, 5.74) is 7.98. The summed E-state index contributed by atoms with van der Waals surface area (Å²) in [6, 6.07) is 0. The zero-order chi connectivity index (χ0) is 23.5. The van der Waals surface area contributed by atoms with E-state index in [4.69, 9.17) is 29.9 Å². The number of aliphatic imine (C=N–C) groups is 1. The summed E-state index contributed by atoms with van der Waals surface area (Å²) in [5.74, 6) is 7.26.